The molecule has 0 bridgehead atoms. The minimum Gasteiger partial charge on any atom is -0.493 e. The van der Waals surface area contributed by atoms with E-state index in [1.165, 1.54) is 0 Å². The van der Waals surface area contributed by atoms with Gasteiger partial charge in [-0.25, -0.2) is 0 Å². The van der Waals surface area contributed by atoms with Crippen LogP contribution in [0, 0.1) is 6.92 Å². The van der Waals surface area contributed by atoms with Gasteiger partial charge in [0.15, 0.2) is 0 Å². The zero-order chi connectivity index (χ0) is 18.2. The van der Waals surface area contributed by atoms with Gasteiger partial charge in [-0.15, -0.1) is 0 Å². The van der Waals surface area contributed by atoms with Crippen molar-refractivity contribution in [2.24, 2.45) is 0 Å². The number of carbonyl (C=O) groups excluding carboxylic acids is 1. The molecule has 1 aliphatic rings. The van der Waals surface area contributed by atoms with E-state index in [1.807, 2.05) is 55.5 Å². The first kappa shape index (κ1) is 18.4. The van der Waals surface area contributed by atoms with Gasteiger partial charge in [0.05, 0.1) is 19.8 Å². The van der Waals surface area contributed by atoms with E-state index in [0.29, 0.717) is 12.2 Å². The highest BCUT2D eigenvalue weighted by Crippen LogP contribution is 2.18. The second-order valence-electron chi connectivity index (χ2n) is 6.50. The van der Waals surface area contributed by atoms with Crippen LogP contribution >= 0.6 is 0 Å². The molecule has 2 aromatic carbocycles. The van der Waals surface area contributed by atoms with Crippen LogP contribution < -0.4 is 10.1 Å². The number of hydrogen-bond acceptors (Lipinski definition) is 4. The van der Waals surface area contributed by atoms with Crippen molar-refractivity contribution in [3.05, 3.63) is 59.7 Å². The smallest absolute Gasteiger partial charge is 0.255 e. The Labute approximate surface area is 154 Å². The van der Waals surface area contributed by atoms with Gasteiger partial charge in [-0.1, -0.05) is 23.8 Å². The van der Waals surface area contributed by atoms with E-state index in [0.717, 1.165) is 56.3 Å². The van der Waals surface area contributed by atoms with Crippen LogP contribution in [0.25, 0.3) is 0 Å². The molecule has 1 aliphatic heterocycles. The molecule has 5 heteroatoms. The predicted octanol–water partition coefficient (Wildman–Crippen LogP) is 3.35. The minimum atomic E-state index is -0.116. The average Bonchev–Trinajstić information content (AvgIpc) is 2.67. The summed E-state index contributed by atoms with van der Waals surface area (Å²) in [5.74, 6) is 0.656. The van der Waals surface area contributed by atoms with Gasteiger partial charge < -0.3 is 14.8 Å². The molecular formula is C21H26N2O3. The molecule has 0 spiro atoms. The molecule has 1 saturated heterocycles. The Bertz CT molecular complexity index is 709. The summed E-state index contributed by atoms with van der Waals surface area (Å²) < 4.78 is 11.2. The number of carbonyl (C=O) groups is 1. The normalized spacial score (nSPS) is 14.8. The number of aryl methyl sites for hydroxylation is 1. The molecule has 1 heterocycles. The van der Waals surface area contributed by atoms with E-state index in [-0.39, 0.29) is 5.91 Å². The van der Waals surface area contributed by atoms with Crippen LogP contribution in [0.1, 0.15) is 22.3 Å². The zero-order valence-electron chi connectivity index (χ0n) is 15.2. The first-order valence-corrected chi connectivity index (χ1v) is 9.12. The molecule has 138 valence electrons. The molecule has 2 aromatic rings. The van der Waals surface area contributed by atoms with Crippen LogP contribution in [0.2, 0.25) is 0 Å². The van der Waals surface area contributed by atoms with E-state index >= 15 is 0 Å². The van der Waals surface area contributed by atoms with Gasteiger partial charge in [-0.05, 0) is 37.6 Å². The van der Waals surface area contributed by atoms with E-state index < -0.39 is 0 Å². The zero-order valence-corrected chi connectivity index (χ0v) is 15.2. The molecular weight excluding hydrogens is 328 g/mol. The standard InChI is InChI=1S/C21H26N2O3/c1-17-6-8-18(9-7-17)21(24)22-19-4-2-5-20(16-19)26-13-3-10-23-11-14-25-15-12-23/h2,4-9,16H,3,10-15H2,1H3,(H,22,24). The Morgan fingerprint density at radius 2 is 1.92 bits per heavy atom. The van der Waals surface area contributed by atoms with Crippen molar-refractivity contribution in [2.75, 3.05) is 44.8 Å². The lowest BCUT2D eigenvalue weighted by molar-refractivity contribution is 0.0358. The van der Waals surface area contributed by atoms with Crippen molar-refractivity contribution in [1.29, 1.82) is 0 Å². The van der Waals surface area contributed by atoms with Gasteiger partial charge in [0, 0.05) is 37.0 Å². The quantitative estimate of drug-likeness (QED) is 0.775. The van der Waals surface area contributed by atoms with Gasteiger partial charge >= 0.3 is 0 Å². The number of ether oxygens (including phenoxy) is 2. The van der Waals surface area contributed by atoms with Crippen molar-refractivity contribution < 1.29 is 14.3 Å². The summed E-state index contributed by atoms with van der Waals surface area (Å²) in [6, 6.07) is 15.1. The number of amides is 1. The summed E-state index contributed by atoms with van der Waals surface area (Å²) in [6.45, 7) is 7.33. The lowest BCUT2D eigenvalue weighted by atomic mass is 10.1. The van der Waals surface area contributed by atoms with Gasteiger partial charge in [-0.3, -0.25) is 9.69 Å². The van der Waals surface area contributed by atoms with Gasteiger partial charge in [-0.2, -0.15) is 0 Å². The van der Waals surface area contributed by atoms with Crippen molar-refractivity contribution in [1.82, 2.24) is 4.90 Å². The molecule has 3 rings (SSSR count). The molecule has 0 radical (unpaired) electrons. The molecule has 0 aromatic heterocycles. The number of nitrogens with zero attached hydrogens (tertiary/aromatic N) is 1. The van der Waals surface area contributed by atoms with Crippen LogP contribution in [0.15, 0.2) is 48.5 Å². The highest BCUT2D eigenvalue weighted by Gasteiger charge is 2.10. The van der Waals surface area contributed by atoms with Gasteiger partial charge in [0.25, 0.3) is 5.91 Å². The highest BCUT2D eigenvalue weighted by atomic mass is 16.5. The van der Waals surface area contributed by atoms with Crippen molar-refractivity contribution in [2.45, 2.75) is 13.3 Å². The maximum absolute atomic E-state index is 12.3. The topological polar surface area (TPSA) is 50.8 Å². The average molecular weight is 354 g/mol. The fourth-order valence-corrected chi connectivity index (χ4v) is 2.87. The first-order chi connectivity index (χ1) is 12.7. The lowest BCUT2D eigenvalue weighted by Gasteiger charge is -2.26. The third-order valence-electron chi connectivity index (χ3n) is 4.40. The summed E-state index contributed by atoms with van der Waals surface area (Å²) in [5.41, 5.74) is 2.52. The Hall–Kier alpha value is -2.37. The summed E-state index contributed by atoms with van der Waals surface area (Å²) >= 11 is 0. The van der Waals surface area contributed by atoms with Crippen molar-refractivity contribution >= 4 is 11.6 Å². The minimum absolute atomic E-state index is 0.116. The first-order valence-electron chi connectivity index (χ1n) is 9.12. The number of anilines is 1. The number of benzene rings is 2. The van der Waals surface area contributed by atoms with Gasteiger partial charge in [0.1, 0.15) is 5.75 Å². The molecule has 0 atom stereocenters. The predicted molar refractivity (Wildman–Crippen MR) is 103 cm³/mol. The van der Waals surface area contributed by atoms with E-state index in [1.54, 1.807) is 0 Å². The van der Waals surface area contributed by atoms with Crippen LogP contribution in [0.5, 0.6) is 5.75 Å². The number of morpholine rings is 1. The van der Waals surface area contributed by atoms with Crippen molar-refractivity contribution in [3.8, 4) is 5.75 Å². The lowest BCUT2D eigenvalue weighted by Crippen LogP contribution is -2.37. The summed E-state index contributed by atoms with van der Waals surface area (Å²) in [6.07, 6.45) is 0.972. The molecule has 0 aliphatic carbocycles. The Kier molecular flexibility index (Phi) is 6.63. The van der Waals surface area contributed by atoms with Crippen LogP contribution in [-0.4, -0.2) is 50.3 Å². The molecule has 0 unspecified atom stereocenters. The molecule has 5 nitrogen and oxygen atoms in total. The maximum atomic E-state index is 12.3. The van der Waals surface area contributed by atoms with Gasteiger partial charge in [0.2, 0.25) is 0 Å². The van der Waals surface area contributed by atoms with E-state index in [4.69, 9.17) is 9.47 Å². The molecule has 1 fully saturated rings. The largest absolute Gasteiger partial charge is 0.493 e. The molecule has 26 heavy (non-hydrogen) atoms. The number of hydrogen-bond donors (Lipinski definition) is 1. The van der Waals surface area contributed by atoms with Crippen LogP contribution in [0.4, 0.5) is 5.69 Å². The number of nitrogens with one attached hydrogen (secondary N) is 1. The Morgan fingerprint density at radius 1 is 1.15 bits per heavy atom. The van der Waals surface area contributed by atoms with E-state index in [2.05, 4.69) is 10.2 Å². The van der Waals surface area contributed by atoms with Crippen molar-refractivity contribution in [3.63, 3.8) is 0 Å². The molecule has 1 N–H and O–H groups in total. The second kappa shape index (κ2) is 9.36. The Balaban J connectivity index is 1.46. The summed E-state index contributed by atoms with van der Waals surface area (Å²) in [7, 11) is 0. The SMILES string of the molecule is Cc1ccc(C(=O)Nc2cccc(OCCCN3CCOCC3)c2)cc1. The summed E-state index contributed by atoms with van der Waals surface area (Å²) in [4.78, 5) is 14.7. The third kappa shape index (κ3) is 5.58. The molecule has 1 amide bonds. The highest BCUT2D eigenvalue weighted by molar-refractivity contribution is 6.04. The monoisotopic (exact) mass is 354 g/mol. The number of rotatable bonds is 7. The summed E-state index contributed by atoms with van der Waals surface area (Å²) in [5, 5.41) is 2.92. The second-order valence-corrected chi connectivity index (χ2v) is 6.50. The maximum Gasteiger partial charge on any atom is 0.255 e. The van der Waals surface area contributed by atoms with E-state index in [9.17, 15) is 4.79 Å². The third-order valence-corrected chi connectivity index (χ3v) is 4.40. The van der Waals surface area contributed by atoms with Crippen LogP contribution in [-0.2, 0) is 4.74 Å². The fraction of sp³-hybridized carbons (Fsp3) is 0.381. The van der Waals surface area contributed by atoms with Crippen LogP contribution in [0.3, 0.4) is 0 Å². The Morgan fingerprint density at radius 3 is 2.69 bits per heavy atom. The fourth-order valence-electron chi connectivity index (χ4n) is 2.87. The molecule has 0 saturated carbocycles.